The molecule has 0 bridgehead atoms. The molecule has 1 amide bonds. The molecule has 1 aliphatic rings. The molecule has 4 heteroatoms. The summed E-state index contributed by atoms with van der Waals surface area (Å²) in [6, 6.07) is 2.04. The molecule has 3 atom stereocenters. The monoisotopic (exact) mass is 275 g/mol. The highest BCUT2D eigenvalue weighted by Crippen LogP contribution is 2.44. The summed E-state index contributed by atoms with van der Waals surface area (Å²) in [6.45, 7) is 8.41. The Morgan fingerprint density at radius 1 is 1.45 bits per heavy atom. The van der Waals surface area contributed by atoms with E-state index in [0.717, 1.165) is 24.1 Å². The van der Waals surface area contributed by atoms with Crippen molar-refractivity contribution in [1.29, 1.82) is 0 Å². The summed E-state index contributed by atoms with van der Waals surface area (Å²) in [5.74, 6) is 0.443. The lowest BCUT2D eigenvalue weighted by Crippen LogP contribution is -2.50. The van der Waals surface area contributed by atoms with E-state index in [9.17, 15) is 4.79 Å². The van der Waals surface area contributed by atoms with Crippen LogP contribution in [0.15, 0.2) is 18.5 Å². The van der Waals surface area contributed by atoms with E-state index in [2.05, 4.69) is 31.1 Å². The molecule has 3 unspecified atom stereocenters. The van der Waals surface area contributed by atoms with Gasteiger partial charge in [-0.25, -0.2) is 0 Å². The SMILES string of the molecule is Cc1cnccc1NC(=O)C1CCC(N)C(C)C1(C)C. The minimum Gasteiger partial charge on any atom is -0.327 e. The lowest BCUT2D eigenvalue weighted by Gasteiger charge is -2.46. The molecule has 1 aliphatic carbocycles. The summed E-state index contributed by atoms with van der Waals surface area (Å²) in [7, 11) is 0. The molecule has 0 spiro atoms. The highest BCUT2D eigenvalue weighted by molar-refractivity contribution is 5.93. The van der Waals surface area contributed by atoms with Gasteiger partial charge in [-0.1, -0.05) is 20.8 Å². The first-order valence-corrected chi connectivity index (χ1v) is 7.31. The van der Waals surface area contributed by atoms with E-state index in [-0.39, 0.29) is 23.3 Å². The Balaban J connectivity index is 2.15. The van der Waals surface area contributed by atoms with Crippen molar-refractivity contribution in [1.82, 2.24) is 4.98 Å². The van der Waals surface area contributed by atoms with E-state index < -0.39 is 0 Å². The average Bonchev–Trinajstić information content (AvgIpc) is 2.38. The molecule has 0 aromatic carbocycles. The Morgan fingerprint density at radius 2 is 2.15 bits per heavy atom. The molecule has 3 N–H and O–H groups in total. The van der Waals surface area contributed by atoms with E-state index >= 15 is 0 Å². The molecule has 0 aliphatic heterocycles. The molecule has 0 radical (unpaired) electrons. The molecule has 1 saturated carbocycles. The Hall–Kier alpha value is -1.42. The Labute approximate surface area is 121 Å². The van der Waals surface area contributed by atoms with Gasteiger partial charge >= 0.3 is 0 Å². The first-order chi connectivity index (χ1) is 9.34. The van der Waals surface area contributed by atoms with E-state index in [0.29, 0.717) is 5.92 Å². The van der Waals surface area contributed by atoms with Crippen molar-refractivity contribution in [2.24, 2.45) is 23.0 Å². The third kappa shape index (κ3) is 2.70. The third-order valence-corrected chi connectivity index (χ3v) is 5.10. The quantitative estimate of drug-likeness (QED) is 0.872. The van der Waals surface area contributed by atoms with Crippen LogP contribution in [0.2, 0.25) is 0 Å². The fourth-order valence-electron chi connectivity index (χ4n) is 3.15. The number of nitrogens with zero attached hydrogens (tertiary/aromatic N) is 1. The van der Waals surface area contributed by atoms with Crippen molar-refractivity contribution >= 4 is 11.6 Å². The number of carbonyl (C=O) groups is 1. The third-order valence-electron chi connectivity index (χ3n) is 5.10. The second kappa shape index (κ2) is 5.52. The van der Waals surface area contributed by atoms with Gasteiger partial charge in [0.1, 0.15) is 0 Å². The van der Waals surface area contributed by atoms with Crippen molar-refractivity contribution in [3.8, 4) is 0 Å². The van der Waals surface area contributed by atoms with Gasteiger partial charge in [0.25, 0.3) is 0 Å². The molecular weight excluding hydrogens is 250 g/mol. The predicted molar refractivity (Wildman–Crippen MR) is 81.2 cm³/mol. The van der Waals surface area contributed by atoms with Crippen LogP contribution in [0.5, 0.6) is 0 Å². The van der Waals surface area contributed by atoms with E-state index in [4.69, 9.17) is 5.73 Å². The fourth-order valence-corrected chi connectivity index (χ4v) is 3.15. The number of anilines is 1. The van der Waals surface area contributed by atoms with Crippen molar-refractivity contribution in [2.75, 3.05) is 5.32 Å². The van der Waals surface area contributed by atoms with Crippen molar-refractivity contribution in [3.63, 3.8) is 0 Å². The van der Waals surface area contributed by atoms with Crippen LogP contribution in [0.3, 0.4) is 0 Å². The summed E-state index contributed by atoms with van der Waals surface area (Å²) in [4.78, 5) is 16.7. The number of aryl methyl sites for hydroxylation is 1. The molecule has 20 heavy (non-hydrogen) atoms. The van der Waals surface area contributed by atoms with Crippen LogP contribution in [-0.4, -0.2) is 16.9 Å². The number of nitrogens with one attached hydrogen (secondary N) is 1. The normalized spacial score (nSPS) is 28.9. The molecule has 2 rings (SSSR count). The number of aromatic nitrogens is 1. The molecule has 4 nitrogen and oxygen atoms in total. The maximum absolute atomic E-state index is 12.6. The van der Waals surface area contributed by atoms with Crippen LogP contribution in [0.4, 0.5) is 5.69 Å². The lowest BCUT2D eigenvalue weighted by atomic mass is 9.61. The van der Waals surface area contributed by atoms with Crippen molar-refractivity contribution in [2.45, 2.75) is 46.6 Å². The van der Waals surface area contributed by atoms with Crippen LogP contribution < -0.4 is 11.1 Å². The maximum atomic E-state index is 12.6. The van der Waals surface area contributed by atoms with Gasteiger partial charge in [0.15, 0.2) is 0 Å². The zero-order chi connectivity index (χ0) is 14.9. The number of hydrogen-bond donors (Lipinski definition) is 2. The van der Waals surface area contributed by atoms with Crippen LogP contribution in [0, 0.1) is 24.2 Å². The summed E-state index contributed by atoms with van der Waals surface area (Å²) < 4.78 is 0. The minimum absolute atomic E-state index is 0.00450. The molecule has 1 fully saturated rings. The summed E-state index contributed by atoms with van der Waals surface area (Å²) >= 11 is 0. The Kier molecular flexibility index (Phi) is 4.14. The summed E-state index contributed by atoms with van der Waals surface area (Å²) in [6.07, 6.45) is 5.24. The summed E-state index contributed by atoms with van der Waals surface area (Å²) in [5, 5.41) is 3.05. The van der Waals surface area contributed by atoms with Gasteiger partial charge in [-0.2, -0.15) is 0 Å². The topological polar surface area (TPSA) is 68.0 Å². The van der Waals surface area contributed by atoms with Gasteiger partial charge in [0.2, 0.25) is 5.91 Å². The predicted octanol–water partition coefficient (Wildman–Crippen LogP) is 2.73. The number of amides is 1. The number of rotatable bonds is 2. The lowest BCUT2D eigenvalue weighted by molar-refractivity contribution is -0.127. The highest BCUT2D eigenvalue weighted by Gasteiger charge is 2.44. The molecule has 1 aromatic heterocycles. The van der Waals surface area contributed by atoms with Gasteiger partial charge in [-0.3, -0.25) is 9.78 Å². The van der Waals surface area contributed by atoms with Gasteiger partial charge in [-0.15, -0.1) is 0 Å². The van der Waals surface area contributed by atoms with Gasteiger partial charge in [-0.05, 0) is 42.7 Å². The zero-order valence-corrected chi connectivity index (χ0v) is 12.8. The van der Waals surface area contributed by atoms with Crippen LogP contribution in [0.1, 0.15) is 39.2 Å². The second-order valence-corrected chi connectivity index (χ2v) is 6.58. The second-order valence-electron chi connectivity index (χ2n) is 6.58. The molecule has 1 heterocycles. The van der Waals surface area contributed by atoms with Gasteiger partial charge < -0.3 is 11.1 Å². The van der Waals surface area contributed by atoms with Crippen LogP contribution in [0.25, 0.3) is 0 Å². The van der Waals surface area contributed by atoms with E-state index in [1.54, 1.807) is 12.4 Å². The number of nitrogens with two attached hydrogens (primary N) is 1. The van der Waals surface area contributed by atoms with Gasteiger partial charge in [0, 0.05) is 30.0 Å². The number of carbonyl (C=O) groups excluding carboxylic acids is 1. The summed E-state index contributed by atoms with van der Waals surface area (Å²) in [5.41, 5.74) is 7.91. The number of hydrogen-bond acceptors (Lipinski definition) is 3. The van der Waals surface area contributed by atoms with Crippen LogP contribution in [-0.2, 0) is 4.79 Å². The van der Waals surface area contributed by atoms with E-state index in [1.165, 1.54) is 0 Å². The highest BCUT2D eigenvalue weighted by atomic mass is 16.1. The fraction of sp³-hybridized carbons (Fsp3) is 0.625. The Morgan fingerprint density at radius 3 is 2.80 bits per heavy atom. The standard InChI is InChI=1S/C16H25N3O/c1-10-9-18-8-7-14(10)19-15(20)12-5-6-13(17)11(2)16(12,3)4/h7-9,11-13H,5-6,17H2,1-4H3,(H,18,19,20). The van der Waals surface area contributed by atoms with E-state index in [1.807, 2.05) is 13.0 Å². The average molecular weight is 275 g/mol. The van der Waals surface area contributed by atoms with Gasteiger partial charge in [0.05, 0.1) is 0 Å². The first-order valence-electron chi connectivity index (χ1n) is 7.31. The largest absolute Gasteiger partial charge is 0.327 e. The van der Waals surface area contributed by atoms with Crippen molar-refractivity contribution in [3.05, 3.63) is 24.0 Å². The minimum atomic E-state index is -0.0807. The van der Waals surface area contributed by atoms with Crippen LogP contribution >= 0.6 is 0 Å². The first kappa shape index (κ1) is 15.0. The molecule has 0 saturated heterocycles. The molecular formula is C16H25N3O. The smallest absolute Gasteiger partial charge is 0.228 e. The van der Waals surface area contributed by atoms with Crippen molar-refractivity contribution < 1.29 is 4.79 Å². The number of pyridine rings is 1. The maximum Gasteiger partial charge on any atom is 0.228 e. The molecule has 110 valence electrons. The zero-order valence-electron chi connectivity index (χ0n) is 12.8. The molecule has 1 aromatic rings. The Bertz CT molecular complexity index is 498.